The van der Waals surface area contributed by atoms with Gasteiger partial charge in [-0.05, 0) is 66.8 Å². The monoisotopic (exact) mass is 365 g/mol. The van der Waals surface area contributed by atoms with Gasteiger partial charge in [-0.3, -0.25) is 4.57 Å². The van der Waals surface area contributed by atoms with Gasteiger partial charge in [0.1, 0.15) is 11.5 Å². The summed E-state index contributed by atoms with van der Waals surface area (Å²) >= 11 is 0. The molecule has 0 aliphatic rings. The Bertz CT molecular complexity index is 790. The van der Waals surface area contributed by atoms with Crippen LogP contribution in [0.4, 0.5) is 11.4 Å². The van der Waals surface area contributed by atoms with Crippen LogP contribution in [0.5, 0.6) is 11.5 Å². The van der Waals surface area contributed by atoms with Gasteiger partial charge in [0, 0.05) is 11.4 Å². The Hall–Kier alpha value is -2.01. The Morgan fingerprint density at radius 3 is 2.24 bits per heavy atom. The maximum absolute atomic E-state index is 10.9. The van der Waals surface area contributed by atoms with E-state index in [1.807, 2.05) is 33.8 Å². The third-order valence-corrected chi connectivity index (χ3v) is 4.29. The summed E-state index contributed by atoms with van der Waals surface area (Å²) in [5.41, 5.74) is 4.39. The number of anilines is 2. The van der Waals surface area contributed by atoms with E-state index in [1.165, 1.54) is 0 Å². The van der Waals surface area contributed by atoms with Crippen molar-refractivity contribution >= 4 is 19.0 Å². The number of hydrogen-bond donors (Lipinski definition) is 4. The van der Waals surface area contributed by atoms with Crippen LogP contribution in [0.25, 0.3) is 0 Å². The number of phenolic OH excluding ortho intramolecular Hbond substituents is 1. The van der Waals surface area contributed by atoms with E-state index in [1.54, 1.807) is 24.3 Å². The lowest BCUT2D eigenvalue weighted by Crippen LogP contribution is -2.01. The molecular weight excluding hydrogens is 341 g/mol. The summed E-state index contributed by atoms with van der Waals surface area (Å²) in [7, 11) is -4.21. The molecule has 0 saturated carbocycles. The van der Waals surface area contributed by atoms with E-state index >= 15 is 0 Å². The molecule has 4 N–H and O–H groups in total. The molecule has 2 rings (SSSR count). The van der Waals surface area contributed by atoms with Gasteiger partial charge in [-0.1, -0.05) is 13.8 Å². The van der Waals surface area contributed by atoms with Gasteiger partial charge in [0.05, 0.1) is 0 Å². The highest BCUT2D eigenvalue weighted by Crippen LogP contribution is 2.36. The summed E-state index contributed by atoms with van der Waals surface area (Å²) in [6.07, 6.45) is -0.644. The van der Waals surface area contributed by atoms with Gasteiger partial charge in [0.25, 0.3) is 0 Å². The molecule has 0 atom stereocenters. The zero-order chi connectivity index (χ0) is 18.8. The molecular formula is C18H24NO5P. The lowest BCUT2D eigenvalue weighted by molar-refractivity contribution is 0.300. The van der Waals surface area contributed by atoms with Gasteiger partial charge >= 0.3 is 7.60 Å². The molecule has 0 amide bonds. The number of aryl methyl sites for hydroxylation is 2. The van der Waals surface area contributed by atoms with Gasteiger partial charge in [0.2, 0.25) is 0 Å². The predicted molar refractivity (Wildman–Crippen MR) is 98.9 cm³/mol. The first-order valence-corrected chi connectivity index (χ1v) is 9.75. The Morgan fingerprint density at radius 2 is 1.72 bits per heavy atom. The molecule has 0 aliphatic carbocycles. The molecule has 25 heavy (non-hydrogen) atoms. The average molecular weight is 365 g/mol. The summed E-state index contributed by atoms with van der Waals surface area (Å²) in [5, 5.41) is 13.3. The third kappa shape index (κ3) is 5.23. The third-order valence-electron chi connectivity index (χ3n) is 3.82. The van der Waals surface area contributed by atoms with E-state index in [4.69, 9.17) is 14.5 Å². The molecule has 0 bridgehead atoms. The van der Waals surface area contributed by atoms with Gasteiger partial charge in [-0.2, -0.15) is 0 Å². The van der Waals surface area contributed by atoms with Crippen LogP contribution in [0.2, 0.25) is 0 Å². The highest BCUT2D eigenvalue weighted by Gasteiger charge is 2.15. The Kier molecular flexibility index (Phi) is 5.78. The topological polar surface area (TPSA) is 99.0 Å². The van der Waals surface area contributed by atoms with E-state index < -0.39 is 13.9 Å². The van der Waals surface area contributed by atoms with E-state index in [2.05, 4.69) is 5.32 Å². The summed E-state index contributed by atoms with van der Waals surface area (Å²) in [4.78, 5) is 17.8. The molecule has 0 aromatic heterocycles. The van der Waals surface area contributed by atoms with E-state index in [0.29, 0.717) is 5.75 Å². The minimum atomic E-state index is -4.21. The van der Waals surface area contributed by atoms with Crippen LogP contribution >= 0.6 is 7.60 Å². The Balaban J connectivity index is 2.26. The molecule has 2 aromatic carbocycles. The van der Waals surface area contributed by atoms with Gasteiger partial charge in [0.15, 0.2) is 6.35 Å². The van der Waals surface area contributed by atoms with Gasteiger partial charge < -0.3 is 24.9 Å². The summed E-state index contributed by atoms with van der Waals surface area (Å²) in [6.45, 7) is 7.82. The van der Waals surface area contributed by atoms with Crippen molar-refractivity contribution in [2.75, 3.05) is 11.7 Å². The molecule has 0 spiro atoms. The minimum Gasteiger partial charge on any atom is -0.508 e. The quantitative estimate of drug-likeness (QED) is 0.448. The van der Waals surface area contributed by atoms with Gasteiger partial charge in [-0.25, -0.2) is 0 Å². The highest BCUT2D eigenvalue weighted by atomic mass is 31.2. The summed E-state index contributed by atoms with van der Waals surface area (Å²) < 4.78 is 16.1. The first kappa shape index (κ1) is 19.3. The van der Waals surface area contributed by atoms with Crippen molar-refractivity contribution in [1.29, 1.82) is 0 Å². The number of benzene rings is 2. The van der Waals surface area contributed by atoms with E-state index in [0.717, 1.165) is 28.1 Å². The second-order valence-corrected chi connectivity index (χ2v) is 8.01. The fraction of sp³-hybridized carbons (Fsp3) is 0.333. The molecule has 2 aromatic rings. The lowest BCUT2D eigenvalue weighted by atomic mass is 10.0. The molecule has 0 radical (unpaired) electrons. The van der Waals surface area contributed by atoms with E-state index in [-0.39, 0.29) is 11.7 Å². The second kappa shape index (κ2) is 7.48. The van der Waals surface area contributed by atoms with Crippen LogP contribution in [0, 0.1) is 13.8 Å². The van der Waals surface area contributed by atoms with Crippen LogP contribution in [0.15, 0.2) is 30.3 Å². The van der Waals surface area contributed by atoms with Crippen LogP contribution < -0.4 is 10.1 Å². The molecule has 7 heteroatoms. The molecule has 136 valence electrons. The molecule has 6 nitrogen and oxygen atoms in total. The predicted octanol–water partition coefficient (Wildman–Crippen LogP) is 4.39. The molecule has 0 fully saturated rings. The van der Waals surface area contributed by atoms with Crippen LogP contribution in [0.1, 0.15) is 36.5 Å². The number of phenols is 1. The molecule has 0 saturated heterocycles. The number of hydrogen-bond acceptors (Lipinski definition) is 4. The van der Waals surface area contributed by atoms with Crippen molar-refractivity contribution in [2.45, 2.75) is 33.6 Å². The fourth-order valence-corrected chi connectivity index (χ4v) is 2.92. The first-order chi connectivity index (χ1) is 11.6. The smallest absolute Gasteiger partial charge is 0.362 e. The maximum atomic E-state index is 10.9. The van der Waals surface area contributed by atoms with Crippen molar-refractivity contribution in [3.05, 3.63) is 47.0 Å². The van der Waals surface area contributed by atoms with Crippen LogP contribution in [0.3, 0.4) is 0 Å². The molecule has 0 unspecified atom stereocenters. The minimum absolute atomic E-state index is 0.201. The maximum Gasteiger partial charge on any atom is 0.362 e. The normalized spacial score (nSPS) is 11.6. The largest absolute Gasteiger partial charge is 0.508 e. The highest BCUT2D eigenvalue weighted by molar-refractivity contribution is 7.51. The SMILES string of the molecule is Cc1cc(OCP(=O)(O)O)cc(C)c1Nc1ccc(O)c(C(C)C)c1. The molecule has 0 heterocycles. The first-order valence-electron chi connectivity index (χ1n) is 7.95. The molecule has 0 aliphatic heterocycles. The number of rotatable bonds is 6. The van der Waals surface area contributed by atoms with E-state index in [9.17, 15) is 9.67 Å². The number of aromatic hydroxyl groups is 1. The fourth-order valence-electron chi connectivity index (χ4n) is 2.60. The summed E-state index contributed by atoms with van der Waals surface area (Å²) in [5.74, 6) is 0.889. The zero-order valence-electron chi connectivity index (χ0n) is 14.8. The van der Waals surface area contributed by atoms with Crippen molar-refractivity contribution in [1.82, 2.24) is 0 Å². The van der Waals surface area contributed by atoms with Crippen molar-refractivity contribution in [3.63, 3.8) is 0 Å². The van der Waals surface area contributed by atoms with Crippen molar-refractivity contribution in [3.8, 4) is 11.5 Å². The summed E-state index contributed by atoms with van der Waals surface area (Å²) in [6, 6.07) is 8.85. The standard InChI is InChI=1S/C18H24NO5P/c1-11(2)16-9-14(5-6-17(16)20)19-18-12(3)7-15(8-13(18)4)24-10-25(21,22)23/h5-9,11,19-20H,10H2,1-4H3,(H2,21,22,23). The van der Waals surface area contributed by atoms with Gasteiger partial charge in [-0.15, -0.1) is 0 Å². The Labute approximate surface area is 147 Å². The lowest BCUT2D eigenvalue weighted by Gasteiger charge is -2.17. The Morgan fingerprint density at radius 1 is 1.12 bits per heavy atom. The second-order valence-electron chi connectivity index (χ2n) is 6.42. The number of ether oxygens (including phenoxy) is 1. The average Bonchev–Trinajstić information content (AvgIpc) is 2.49. The van der Waals surface area contributed by atoms with Crippen molar-refractivity contribution in [2.24, 2.45) is 0 Å². The van der Waals surface area contributed by atoms with Crippen LogP contribution in [-0.4, -0.2) is 21.2 Å². The zero-order valence-corrected chi connectivity index (χ0v) is 15.7. The van der Waals surface area contributed by atoms with Crippen molar-refractivity contribution < 1.29 is 24.2 Å². The number of nitrogens with one attached hydrogen (secondary N) is 1. The van der Waals surface area contributed by atoms with Crippen LogP contribution in [-0.2, 0) is 4.57 Å².